The van der Waals surface area contributed by atoms with Crippen LogP contribution in [0.1, 0.15) is 63.3 Å². The molecule has 2 aromatic heterocycles. The standard InChI is InChI=1S/C28H38N4O2/c1-18(2)24-22-16-21(7-8-23(22)31-25(24)20-9-12-29-19(3)15-20)27(4,5)26(33)30-17-28(34)10-13-32(6)14-11-28/h7-9,12,15-16,18,31,34H,10-11,13-14,17H2,1-6H3,(H,30,33). The van der Waals surface area contributed by atoms with E-state index in [0.29, 0.717) is 18.8 Å². The monoisotopic (exact) mass is 462 g/mol. The van der Waals surface area contributed by atoms with Gasteiger partial charge in [0.05, 0.1) is 16.7 Å². The molecule has 1 aliphatic rings. The number of benzene rings is 1. The van der Waals surface area contributed by atoms with E-state index in [9.17, 15) is 9.90 Å². The first-order chi connectivity index (χ1) is 16.0. The van der Waals surface area contributed by atoms with Crippen LogP contribution in [0.4, 0.5) is 0 Å². The minimum atomic E-state index is -0.828. The summed E-state index contributed by atoms with van der Waals surface area (Å²) in [6.45, 7) is 12.3. The molecule has 6 heteroatoms. The lowest BCUT2D eigenvalue weighted by Crippen LogP contribution is -2.52. The number of H-pyrrole nitrogens is 1. The highest BCUT2D eigenvalue weighted by molar-refractivity contribution is 5.94. The van der Waals surface area contributed by atoms with Gasteiger partial charge >= 0.3 is 0 Å². The minimum Gasteiger partial charge on any atom is -0.388 e. The van der Waals surface area contributed by atoms with Gasteiger partial charge < -0.3 is 20.3 Å². The van der Waals surface area contributed by atoms with Gasteiger partial charge in [-0.2, -0.15) is 0 Å². The van der Waals surface area contributed by atoms with Gasteiger partial charge in [-0.25, -0.2) is 0 Å². The number of nitrogens with zero attached hydrogens (tertiary/aromatic N) is 2. The molecule has 1 amide bonds. The maximum atomic E-state index is 13.3. The van der Waals surface area contributed by atoms with E-state index in [4.69, 9.17) is 0 Å². The molecule has 0 aliphatic carbocycles. The third kappa shape index (κ3) is 4.75. The number of carbonyl (C=O) groups is 1. The van der Waals surface area contributed by atoms with Gasteiger partial charge in [-0.3, -0.25) is 9.78 Å². The fourth-order valence-corrected chi connectivity index (χ4v) is 4.94. The van der Waals surface area contributed by atoms with Crippen molar-refractivity contribution in [2.45, 2.75) is 64.4 Å². The Hall–Kier alpha value is -2.70. The van der Waals surface area contributed by atoms with Crippen molar-refractivity contribution in [2.24, 2.45) is 0 Å². The number of likely N-dealkylation sites (tertiary alicyclic amines) is 1. The molecule has 0 unspecified atom stereocenters. The Morgan fingerprint density at radius 1 is 1.24 bits per heavy atom. The number of amides is 1. The van der Waals surface area contributed by atoms with Crippen LogP contribution in [0.15, 0.2) is 36.5 Å². The van der Waals surface area contributed by atoms with Gasteiger partial charge in [0.15, 0.2) is 0 Å². The molecule has 3 N–H and O–H groups in total. The van der Waals surface area contributed by atoms with Gasteiger partial charge in [-0.05, 0) is 82.0 Å². The van der Waals surface area contributed by atoms with Crippen molar-refractivity contribution in [1.29, 1.82) is 0 Å². The third-order valence-corrected chi connectivity index (χ3v) is 7.39. The van der Waals surface area contributed by atoms with E-state index in [2.05, 4.69) is 59.3 Å². The smallest absolute Gasteiger partial charge is 0.230 e. The second-order valence-electron chi connectivity index (χ2n) is 10.8. The summed E-state index contributed by atoms with van der Waals surface area (Å²) in [4.78, 5) is 23.4. The molecule has 0 bridgehead atoms. The number of pyridine rings is 1. The number of aliphatic hydroxyl groups is 1. The summed E-state index contributed by atoms with van der Waals surface area (Å²) in [5.41, 5.74) is 4.94. The van der Waals surface area contributed by atoms with Gasteiger partial charge in [0, 0.05) is 48.0 Å². The van der Waals surface area contributed by atoms with E-state index in [-0.39, 0.29) is 12.5 Å². The van der Waals surface area contributed by atoms with Crippen LogP contribution >= 0.6 is 0 Å². The molecule has 1 saturated heterocycles. The molecule has 182 valence electrons. The highest BCUT2D eigenvalue weighted by atomic mass is 16.3. The Bertz CT molecular complexity index is 1190. The largest absolute Gasteiger partial charge is 0.388 e. The Morgan fingerprint density at radius 3 is 2.59 bits per heavy atom. The van der Waals surface area contributed by atoms with E-state index in [0.717, 1.165) is 46.5 Å². The molecule has 1 aromatic carbocycles. The molecule has 3 aromatic rings. The van der Waals surface area contributed by atoms with Crippen molar-refractivity contribution in [3.63, 3.8) is 0 Å². The average molecular weight is 463 g/mol. The Kier molecular flexibility index (Phi) is 6.58. The SMILES string of the molecule is Cc1cc(-c2[nH]c3ccc(C(C)(C)C(=O)NCC4(O)CCN(C)CC4)cc3c2C(C)C)ccn1. The topological polar surface area (TPSA) is 81.2 Å². The summed E-state index contributed by atoms with van der Waals surface area (Å²) < 4.78 is 0. The van der Waals surface area contributed by atoms with Crippen LogP contribution in [0.3, 0.4) is 0 Å². The molecular weight excluding hydrogens is 424 g/mol. The molecule has 1 aliphatic heterocycles. The van der Waals surface area contributed by atoms with E-state index in [1.807, 2.05) is 39.1 Å². The number of piperidine rings is 1. The van der Waals surface area contributed by atoms with Crippen molar-refractivity contribution >= 4 is 16.8 Å². The summed E-state index contributed by atoms with van der Waals surface area (Å²) >= 11 is 0. The van der Waals surface area contributed by atoms with E-state index in [1.165, 1.54) is 5.56 Å². The summed E-state index contributed by atoms with van der Waals surface area (Å²) in [7, 11) is 2.06. The molecular formula is C28H38N4O2. The highest BCUT2D eigenvalue weighted by Gasteiger charge is 2.35. The first kappa shape index (κ1) is 24.4. The number of aromatic nitrogens is 2. The van der Waals surface area contributed by atoms with Gasteiger partial charge in [-0.1, -0.05) is 19.9 Å². The van der Waals surface area contributed by atoms with Crippen LogP contribution in [0, 0.1) is 6.92 Å². The fourth-order valence-electron chi connectivity index (χ4n) is 4.94. The van der Waals surface area contributed by atoms with Gasteiger partial charge in [0.2, 0.25) is 5.91 Å². The zero-order valence-corrected chi connectivity index (χ0v) is 21.3. The first-order valence-corrected chi connectivity index (χ1v) is 12.3. The second-order valence-corrected chi connectivity index (χ2v) is 10.8. The molecule has 3 heterocycles. The number of aromatic amines is 1. The number of aryl methyl sites for hydroxylation is 1. The second kappa shape index (κ2) is 9.16. The lowest BCUT2D eigenvalue weighted by molar-refractivity contribution is -0.127. The number of nitrogens with one attached hydrogen (secondary N) is 2. The highest BCUT2D eigenvalue weighted by Crippen LogP contribution is 2.38. The lowest BCUT2D eigenvalue weighted by Gasteiger charge is -2.37. The summed E-state index contributed by atoms with van der Waals surface area (Å²) in [6.07, 6.45) is 3.19. The van der Waals surface area contributed by atoms with E-state index < -0.39 is 11.0 Å². The zero-order valence-electron chi connectivity index (χ0n) is 21.3. The predicted octanol–water partition coefficient (Wildman–Crippen LogP) is 4.51. The molecule has 0 saturated carbocycles. The maximum absolute atomic E-state index is 13.3. The van der Waals surface area contributed by atoms with Crippen LogP contribution < -0.4 is 5.32 Å². The van der Waals surface area contributed by atoms with Gasteiger partial charge in [-0.15, -0.1) is 0 Å². The summed E-state index contributed by atoms with van der Waals surface area (Å²) in [6, 6.07) is 10.4. The number of hydrogen-bond donors (Lipinski definition) is 3. The number of fused-ring (bicyclic) bond motifs is 1. The van der Waals surface area contributed by atoms with Crippen molar-refractivity contribution in [3.8, 4) is 11.3 Å². The van der Waals surface area contributed by atoms with Crippen LogP contribution in [0.2, 0.25) is 0 Å². The van der Waals surface area contributed by atoms with Gasteiger partial charge in [0.25, 0.3) is 0 Å². The Labute approximate surface area is 202 Å². The molecule has 0 radical (unpaired) electrons. The number of carbonyl (C=O) groups excluding carboxylic acids is 1. The van der Waals surface area contributed by atoms with E-state index >= 15 is 0 Å². The molecule has 4 rings (SSSR count). The summed E-state index contributed by atoms with van der Waals surface area (Å²) in [5, 5.41) is 15.1. The predicted molar refractivity (Wildman–Crippen MR) is 138 cm³/mol. The van der Waals surface area contributed by atoms with Crippen LogP contribution in [-0.2, 0) is 10.2 Å². The molecule has 34 heavy (non-hydrogen) atoms. The number of rotatable bonds is 6. The summed E-state index contributed by atoms with van der Waals surface area (Å²) in [5.74, 6) is 0.244. The molecule has 0 spiro atoms. The fraction of sp³-hybridized carbons (Fsp3) is 0.500. The maximum Gasteiger partial charge on any atom is 0.230 e. The van der Waals surface area contributed by atoms with E-state index in [1.54, 1.807) is 0 Å². The molecule has 1 fully saturated rings. The van der Waals surface area contributed by atoms with Crippen molar-refractivity contribution in [2.75, 3.05) is 26.7 Å². The Balaban J connectivity index is 1.63. The minimum absolute atomic E-state index is 0.0641. The van der Waals surface area contributed by atoms with Gasteiger partial charge in [0.1, 0.15) is 0 Å². The first-order valence-electron chi connectivity index (χ1n) is 12.3. The zero-order chi connectivity index (χ0) is 24.7. The quantitative estimate of drug-likeness (QED) is 0.503. The van der Waals surface area contributed by atoms with Crippen LogP contribution in [0.5, 0.6) is 0 Å². The normalized spacial score (nSPS) is 16.8. The third-order valence-electron chi connectivity index (χ3n) is 7.39. The van der Waals surface area contributed by atoms with Crippen LogP contribution in [0.25, 0.3) is 22.2 Å². The average Bonchev–Trinajstić information content (AvgIpc) is 3.19. The Morgan fingerprint density at radius 2 is 1.94 bits per heavy atom. The molecule has 6 nitrogen and oxygen atoms in total. The van der Waals surface area contributed by atoms with Crippen molar-refractivity contribution in [1.82, 2.24) is 20.2 Å². The van der Waals surface area contributed by atoms with Crippen molar-refractivity contribution in [3.05, 3.63) is 53.3 Å². The van der Waals surface area contributed by atoms with Crippen molar-refractivity contribution < 1.29 is 9.90 Å². The lowest BCUT2D eigenvalue weighted by atomic mass is 9.82. The molecule has 0 atom stereocenters. The number of hydrogen-bond acceptors (Lipinski definition) is 4. The van der Waals surface area contributed by atoms with Crippen LogP contribution in [-0.4, -0.2) is 58.2 Å².